The highest BCUT2D eigenvalue weighted by Gasteiger charge is 2.49. The van der Waals surface area contributed by atoms with Gasteiger partial charge in [0.2, 0.25) is 0 Å². The molecule has 2 fully saturated rings. The smallest absolute Gasteiger partial charge is 0.430 e. The number of benzene rings is 1. The van der Waals surface area contributed by atoms with Gasteiger partial charge in [0.05, 0.1) is 33.0 Å². The van der Waals surface area contributed by atoms with Crippen LogP contribution in [0.3, 0.4) is 0 Å². The fourth-order valence-corrected chi connectivity index (χ4v) is 3.56. The first kappa shape index (κ1) is 32.5. The molecule has 3 rings (SSSR count). The Morgan fingerprint density at radius 3 is 2.20 bits per heavy atom. The maximum absolute atomic E-state index is 12.0. The van der Waals surface area contributed by atoms with Gasteiger partial charge in [-0.25, -0.2) is 9.59 Å². The summed E-state index contributed by atoms with van der Waals surface area (Å²) in [5, 5.41) is 20.5. The Hall–Kier alpha value is -3.67. The zero-order valence-corrected chi connectivity index (χ0v) is 21.1. The predicted octanol–water partition coefficient (Wildman–Crippen LogP) is -3.02. The number of guanidine groups is 1. The number of halogens is 3. The highest BCUT2D eigenvalue weighted by molar-refractivity contribution is 5.80. The lowest BCUT2D eigenvalue weighted by Gasteiger charge is -2.20. The van der Waals surface area contributed by atoms with Crippen molar-refractivity contribution in [1.82, 2.24) is 5.32 Å². The predicted molar refractivity (Wildman–Crippen MR) is 125 cm³/mol. The van der Waals surface area contributed by atoms with Crippen LogP contribution in [-0.4, -0.2) is 98.7 Å². The number of carbonyl (C=O) groups is 3. The number of carbonyl (C=O) groups excluding carboxylic acids is 2. The fraction of sp³-hybridized carbons (Fsp3) is 0.565. The molecule has 224 valence electrons. The van der Waals surface area contributed by atoms with Crippen molar-refractivity contribution in [3.8, 4) is 0 Å². The van der Waals surface area contributed by atoms with Gasteiger partial charge in [-0.3, -0.25) is 16.5 Å². The van der Waals surface area contributed by atoms with E-state index in [2.05, 4.69) is 10.3 Å². The highest BCUT2D eigenvalue weighted by atomic mass is 19.4. The topological polar surface area (TPSA) is 219 Å². The van der Waals surface area contributed by atoms with Crippen LogP contribution in [-0.2, 0) is 39.9 Å². The number of hydrogen-bond acceptors (Lipinski definition) is 9. The molecule has 0 unspecified atom stereocenters. The quantitative estimate of drug-likeness (QED) is 0.0948. The van der Waals surface area contributed by atoms with Crippen molar-refractivity contribution >= 4 is 24.0 Å². The minimum absolute atomic E-state index is 0.0310. The lowest BCUT2D eigenvalue weighted by atomic mass is 10.1. The molecule has 1 amide bonds. The number of carboxylic acid groups (broad SMARTS) is 2. The fourth-order valence-electron chi connectivity index (χ4n) is 3.56. The number of carboxylic acids is 2. The van der Waals surface area contributed by atoms with E-state index in [0.29, 0.717) is 26.2 Å². The maximum atomic E-state index is 12.0. The molecule has 2 saturated heterocycles. The lowest BCUT2D eigenvalue weighted by Crippen LogP contribution is -2.78. The summed E-state index contributed by atoms with van der Waals surface area (Å²) in [5.74, 6) is -4.08. The van der Waals surface area contributed by atoms with Crippen molar-refractivity contribution in [2.75, 3.05) is 33.0 Å². The number of amides is 1. The first-order chi connectivity index (χ1) is 18.9. The van der Waals surface area contributed by atoms with Gasteiger partial charge >= 0.3 is 24.2 Å². The number of alkyl halides is 3. The summed E-state index contributed by atoms with van der Waals surface area (Å²) < 4.78 is 59.7. The van der Waals surface area contributed by atoms with Gasteiger partial charge in [-0.05, 0) is 5.56 Å². The molecule has 0 aromatic heterocycles. The molecule has 1 aromatic carbocycles. The second-order valence-corrected chi connectivity index (χ2v) is 8.49. The molecular weight excluding hydrogens is 549 g/mol. The number of ether oxygens (including phenoxy) is 5. The Kier molecular flexibility index (Phi) is 12.9. The Morgan fingerprint density at radius 2 is 1.68 bits per heavy atom. The van der Waals surface area contributed by atoms with E-state index in [0.717, 1.165) is 5.56 Å². The molecular formula is C23H31F3N4O10. The molecule has 5 atom stereocenters. The monoisotopic (exact) mass is 580 g/mol. The van der Waals surface area contributed by atoms with Crippen LogP contribution in [0.15, 0.2) is 30.3 Å². The van der Waals surface area contributed by atoms with Gasteiger partial charge in [0, 0.05) is 6.42 Å². The summed E-state index contributed by atoms with van der Waals surface area (Å²) in [7, 11) is 0. The van der Waals surface area contributed by atoms with Gasteiger partial charge in [0.1, 0.15) is 37.0 Å². The van der Waals surface area contributed by atoms with Crippen molar-refractivity contribution in [2.45, 2.75) is 49.7 Å². The van der Waals surface area contributed by atoms with Crippen molar-refractivity contribution in [3.63, 3.8) is 0 Å². The molecule has 2 aliphatic heterocycles. The Bertz CT molecular complexity index is 995. The van der Waals surface area contributed by atoms with Crippen LogP contribution in [0, 0.1) is 0 Å². The second kappa shape index (κ2) is 15.8. The van der Waals surface area contributed by atoms with Crippen LogP contribution in [0.25, 0.3) is 0 Å². The number of nitrogens with two attached hydrogens (primary N) is 2. The standard InChI is InChI=1S/C21H30N4O8.C2HF3O2/c22-20(23)24-7-4-8-29-15-11-31-18-16(12-32-17(15)18)30-10-14(19(26)27)25-21(28)33-9-13-5-2-1-3-6-13;3-2(4,5)1(6)7/h1-3,5-6,14-18H,4,7-12H2,(H,25,28)(H,26,27)(H4,22,23,24);(H,6,7)/t14-,15-,16-,17+,18+;/m0./s1. The highest BCUT2D eigenvalue weighted by Crippen LogP contribution is 2.30. The van der Waals surface area contributed by atoms with Crippen molar-refractivity contribution in [2.24, 2.45) is 11.5 Å². The molecule has 2 heterocycles. The van der Waals surface area contributed by atoms with E-state index >= 15 is 0 Å². The summed E-state index contributed by atoms with van der Waals surface area (Å²) in [5.41, 5.74) is 11.5. The van der Waals surface area contributed by atoms with Crippen molar-refractivity contribution in [1.29, 1.82) is 0 Å². The van der Waals surface area contributed by atoms with E-state index in [4.69, 9.17) is 45.1 Å². The second-order valence-electron chi connectivity index (χ2n) is 8.49. The van der Waals surface area contributed by atoms with Crippen LogP contribution in [0.1, 0.15) is 12.0 Å². The van der Waals surface area contributed by atoms with Gasteiger partial charge < -0.3 is 44.0 Å². The van der Waals surface area contributed by atoms with Crippen molar-refractivity contribution in [3.05, 3.63) is 35.9 Å². The number of hydrogen-bond donors (Lipinski definition) is 5. The number of rotatable bonds is 12. The maximum Gasteiger partial charge on any atom is 0.430 e. The molecule has 2 aliphatic rings. The largest absolute Gasteiger partial charge is 0.542 e. The van der Waals surface area contributed by atoms with Gasteiger partial charge in [-0.2, -0.15) is 13.2 Å². The molecule has 1 aromatic rings. The number of fused-ring (bicyclic) bond motifs is 1. The molecule has 0 radical (unpaired) electrons. The molecule has 14 nitrogen and oxygen atoms in total. The van der Waals surface area contributed by atoms with Crippen LogP contribution in [0.4, 0.5) is 18.0 Å². The zero-order valence-electron chi connectivity index (χ0n) is 21.1. The summed E-state index contributed by atoms with van der Waals surface area (Å²) >= 11 is 0. The average molecular weight is 581 g/mol. The third kappa shape index (κ3) is 11.2. The molecule has 0 bridgehead atoms. The molecule has 17 heteroatoms. The average Bonchev–Trinajstić information content (AvgIpc) is 3.48. The first-order valence-corrected chi connectivity index (χ1v) is 11.9. The number of nitrogens with one attached hydrogen (secondary N) is 2. The Balaban J connectivity index is 0.000000708. The molecule has 0 spiro atoms. The molecule has 0 saturated carbocycles. The van der Waals surface area contributed by atoms with E-state index in [9.17, 15) is 27.9 Å². The molecule has 40 heavy (non-hydrogen) atoms. The van der Waals surface area contributed by atoms with Crippen LogP contribution in [0.5, 0.6) is 0 Å². The van der Waals surface area contributed by atoms with Gasteiger partial charge in [0.25, 0.3) is 0 Å². The number of aliphatic carboxylic acids is 2. The van der Waals surface area contributed by atoms with E-state index in [1.165, 1.54) is 0 Å². The molecule has 0 aliphatic carbocycles. The van der Waals surface area contributed by atoms with E-state index < -0.39 is 36.4 Å². The summed E-state index contributed by atoms with van der Waals surface area (Å²) in [6.45, 7) is 1.42. The van der Waals surface area contributed by atoms with Crippen molar-refractivity contribution < 1.29 is 66.4 Å². The summed E-state index contributed by atoms with van der Waals surface area (Å²) in [4.78, 5) is 35.1. The minimum atomic E-state index is -5.19. The third-order valence-electron chi connectivity index (χ3n) is 5.46. The van der Waals surface area contributed by atoms with Gasteiger partial charge in [0.15, 0.2) is 6.04 Å². The Labute approximate surface area is 226 Å². The normalized spacial score (nSPS) is 22.3. The minimum Gasteiger partial charge on any atom is -0.542 e. The third-order valence-corrected chi connectivity index (χ3v) is 5.46. The lowest BCUT2D eigenvalue weighted by molar-refractivity contribution is -0.460. The zero-order chi connectivity index (χ0) is 29.7. The first-order valence-electron chi connectivity index (χ1n) is 11.9. The van der Waals surface area contributed by atoms with E-state index in [1.807, 2.05) is 18.2 Å². The SMILES string of the molecule is NC(N)=[NH+]CCCO[C@H]1CO[C@H]2[C@@H]1OC[C@@H]2OC[C@H](NC(=O)OCc1ccccc1)C(=O)O.O=C([O-])C(F)(F)F. The summed E-state index contributed by atoms with van der Waals surface area (Å²) in [6, 6.07) is 7.79. The Morgan fingerprint density at radius 1 is 1.10 bits per heavy atom. The van der Waals surface area contributed by atoms with E-state index in [-0.39, 0.29) is 44.1 Å². The van der Waals surface area contributed by atoms with Crippen LogP contribution < -0.4 is 26.9 Å². The molecule has 7 N–H and O–H groups in total. The number of alkyl carbamates (subject to hydrolysis) is 1. The van der Waals surface area contributed by atoms with Gasteiger partial charge in [-0.1, -0.05) is 30.3 Å². The van der Waals surface area contributed by atoms with Crippen LogP contribution in [0.2, 0.25) is 0 Å². The summed E-state index contributed by atoms with van der Waals surface area (Å²) in [6.07, 6.45) is -6.73. The van der Waals surface area contributed by atoms with Gasteiger partial charge in [-0.15, -0.1) is 0 Å². The van der Waals surface area contributed by atoms with Crippen LogP contribution >= 0.6 is 0 Å². The van der Waals surface area contributed by atoms with E-state index in [1.54, 1.807) is 12.1 Å².